The zero-order valence-corrected chi connectivity index (χ0v) is 18.8. The molecule has 1 saturated carbocycles. The third-order valence-corrected chi connectivity index (χ3v) is 7.13. The van der Waals surface area contributed by atoms with Crippen LogP contribution in [0.1, 0.15) is 36.5 Å². The Morgan fingerprint density at radius 2 is 1.93 bits per heavy atom. The van der Waals surface area contributed by atoms with Crippen molar-refractivity contribution in [3.05, 3.63) is 16.7 Å². The van der Waals surface area contributed by atoms with E-state index in [1.54, 1.807) is 6.07 Å². The SMILES string of the molecule is COc1cc(OC)c2c(c1Cl)O[C@]1(C2=O)C(=O)C2CCC(CN(C)C)NC2C[C@H]1C. The van der Waals surface area contributed by atoms with Gasteiger partial charge < -0.3 is 24.4 Å². The van der Waals surface area contributed by atoms with Gasteiger partial charge in [0, 0.05) is 36.5 Å². The molecule has 164 valence electrons. The predicted molar refractivity (Wildman–Crippen MR) is 113 cm³/mol. The van der Waals surface area contributed by atoms with E-state index in [-0.39, 0.29) is 45.8 Å². The Balaban J connectivity index is 1.70. The summed E-state index contributed by atoms with van der Waals surface area (Å²) in [7, 11) is 7.05. The monoisotopic (exact) mass is 436 g/mol. The molecule has 1 aliphatic carbocycles. The van der Waals surface area contributed by atoms with E-state index in [0.717, 1.165) is 19.4 Å². The Kier molecular flexibility index (Phi) is 5.49. The first kappa shape index (κ1) is 21.4. The van der Waals surface area contributed by atoms with Crippen LogP contribution in [0.15, 0.2) is 6.07 Å². The fraction of sp³-hybridized carbons (Fsp3) is 0.636. The zero-order chi connectivity index (χ0) is 21.8. The van der Waals surface area contributed by atoms with Gasteiger partial charge >= 0.3 is 0 Å². The average molecular weight is 437 g/mol. The van der Waals surface area contributed by atoms with Gasteiger partial charge in [-0.15, -0.1) is 0 Å². The number of ketones is 2. The van der Waals surface area contributed by atoms with Crippen molar-refractivity contribution in [1.82, 2.24) is 10.2 Å². The van der Waals surface area contributed by atoms with E-state index < -0.39 is 5.60 Å². The maximum atomic E-state index is 13.8. The lowest BCUT2D eigenvalue weighted by Crippen LogP contribution is -2.66. The third-order valence-electron chi connectivity index (χ3n) is 6.77. The lowest BCUT2D eigenvalue weighted by atomic mass is 9.63. The van der Waals surface area contributed by atoms with Crippen molar-refractivity contribution in [2.24, 2.45) is 11.8 Å². The molecule has 5 atom stereocenters. The average Bonchev–Trinajstić information content (AvgIpc) is 3.01. The summed E-state index contributed by atoms with van der Waals surface area (Å²) in [6.07, 6.45) is 2.30. The molecule has 2 fully saturated rings. The molecule has 0 aromatic heterocycles. The zero-order valence-electron chi connectivity index (χ0n) is 18.1. The van der Waals surface area contributed by atoms with Gasteiger partial charge in [0.1, 0.15) is 22.1 Å². The van der Waals surface area contributed by atoms with Gasteiger partial charge in [0.25, 0.3) is 0 Å². The number of rotatable bonds is 4. The van der Waals surface area contributed by atoms with Crippen molar-refractivity contribution in [2.75, 3.05) is 34.9 Å². The van der Waals surface area contributed by atoms with E-state index in [4.69, 9.17) is 25.8 Å². The summed E-state index contributed by atoms with van der Waals surface area (Å²) in [5.41, 5.74) is -1.32. The van der Waals surface area contributed by atoms with Crippen LogP contribution >= 0.6 is 11.6 Å². The molecule has 7 nitrogen and oxygen atoms in total. The molecule has 30 heavy (non-hydrogen) atoms. The molecule has 0 radical (unpaired) electrons. The minimum absolute atomic E-state index is 0.0452. The first-order chi connectivity index (χ1) is 14.2. The smallest absolute Gasteiger partial charge is 0.232 e. The molecule has 2 heterocycles. The molecular weight excluding hydrogens is 408 g/mol. The largest absolute Gasteiger partial charge is 0.496 e. The highest BCUT2D eigenvalue weighted by Crippen LogP contribution is 2.54. The summed E-state index contributed by atoms with van der Waals surface area (Å²) in [6, 6.07) is 1.95. The molecule has 2 aliphatic heterocycles. The van der Waals surface area contributed by atoms with Crippen LogP contribution < -0.4 is 19.5 Å². The lowest BCUT2D eigenvalue weighted by molar-refractivity contribution is -0.145. The number of benzene rings is 1. The van der Waals surface area contributed by atoms with E-state index in [2.05, 4.69) is 10.2 Å². The van der Waals surface area contributed by atoms with Gasteiger partial charge in [-0.3, -0.25) is 9.59 Å². The van der Waals surface area contributed by atoms with Gasteiger partial charge in [-0.25, -0.2) is 0 Å². The molecule has 8 heteroatoms. The van der Waals surface area contributed by atoms with E-state index in [9.17, 15) is 9.59 Å². The van der Waals surface area contributed by atoms with E-state index in [0.29, 0.717) is 24.0 Å². The molecule has 0 amide bonds. The van der Waals surface area contributed by atoms with Crippen molar-refractivity contribution in [3.8, 4) is 17.2 Å². The topological polar surface area (TPSA) is 77.1 Å². The number of Topliss-reactive ketones (excluding diaryl/α,β-unsaturated/α-hetero) is 2. The molecule has 0 bridgehead atoms. The van der Waals surface area contributed by atoms with Crippen molar-refractivity contribution >= 4 is 23.2 Å². The molecule has 1 aromatic rings. The number of nitrogens with one attached hydrogen (secondary N) is 1. The van der Waals surface area contributed by atoms with E-state index in [1.807, 2.05) is 21.0 Å². The van der Waals surface area contributed by atoms with Crippen molar-refractivity contribution in [1.29, 1.82) is 0 Å². The maximum Gasteiger partial charge on any atom is 0.232 e. The predicted octanol–water partition coefficient (Wildman–Crippen LogP) is 2.58. The second-order valence-corrected chi connectivity index (χ2v) is 9.26. The Morgan fingerprint density at radius 1 is 1.23 bits per heavy atom. The van der Waals surface area contributed by atoms with Gasteiger partial charge in [-0.1, -0.05) is 18.5 Å². The molecule has 3 unspecified atom stereocenters. The van der Waals surface area contributed by atoms with Crippen LogP contribution in [0.5, 0.6) is 17.2 Å². The molecule has 1 N–H and O–H groups in total. The van der Waals surface area contributed by atoms with Crippen LogP contribution in [0.3, 0.4) is 0 Å². The second-order valence-electron chi connectivity index (χ2n) is 8.88. The maximum absolute atomic E-state index is 13.8. The molecule has 3 aliphatic rings. The van der Waals surface area contributed by atoms with Crippen molar-refractivity contribution in [3.63, 3.8) is 0 Å². The number of methoxy groups -OCH3 is 2. The molecule has 4 rings (SSSR count). The van der Waals surface area contributed by atoms with Gasteiger partial charge in [0.2, 0.25) is 11.4 Å². The van der Waals surface area contributed by atoms with Crippen LogP contribution in [0.2, 0.25) is 5.02 Å². The quantitative estimate of drug-likeness (QED) is 0.727. The first-order valence-electron chi connectivity index (χ1n) is 10.4. The van der Waals surface area contributed by atoms with E-state index in [1.165, 1.54) is 14.2 Å². The van der Waals surface area contributed by atoms with Crippen molar-refractivity contribution < 1.29 is 23.8 Å². The number of fused-ring (bicyclic) bond motifs is 2. The highest BCUT2D eigenvalue weighted by Gasteiger charge is 2.64. The molecular formula is C22H29ClN2O5. The van der Waals surface area contributed by atoms with Gasteiger partial charge in [0.15, 0.2) is 11.5 Å². The minimum atomic E-state index is -1.55. The number of halogens is 1. The number of likely N-dealkylation sites (N-methyl/N-ethyl adjacent to an activating group) is 1. The number of nitrogens with zero attached hydrogens (tertiary/aromatic N) is 1. The van der Waals surface area contributed by atoms with Gasteiger partial charge in [-0.05, 0) is 33.4 Å². The van der Waals surface area contributed by atoms with Crippen LogP contribution in [-0.4, -0.2) is 69.0 Å². The highest BCUT2D eigenvalue weighted by molar-refractivity contribution is 6.36. The minimum Gasteiger partial charge on any atom is -0.496 e. The summed E-state index contributed by atoms with van der Waals surface area (Å²) in [5.74, 6) is -0.232. The Hall–Kier alpha value is -1.83. The highest BCUT2D eigenvalue weighted by atomic mass is 35.5. The third kappa shape index (κ3) is 3.01. The Bertz CT molecular complexity index is 889. The number of carbonyl (C=O) groups excluding carboxylic acids is 2. The van der Waals surface area contributed by atoms with Gasteiger partial charge in [-0.2, -0.15) is 0 Å². The normalized spacial score (nSPS) is 32.8. The number of ether oxygens (including phenoxy) is 3. The standard InChI is InChI=1S/C22H29ClN2O5/c1-11-8-14-13(7-6-12(24-14)10-25(2)3)20(26)22(11)21(27)17-15(28-4)9-16(29-5)18(23)19(17)30-22/h9,11-14,24H,6-8,10H2,1-5H3/t11-,12?,13?,14?,22+/m1/s1. The van der Waals surface area contributed by atoms with Gasteiger partial charge in [0.05, 0.1) is 14.2 Å². The summed E-state index contributed by atoms with van der Waals surface area (Å²) < 4.78 is 16.9. The molecule has 1 saturated heterocycles. The number of hydrogen-bond donors (Lipinski definition) is 1. The Morgan fingerprint density at radius 3 is 2.57 bits per heavy atom. The summed E-state index contributed by atoms with van der Waals surface area (Å²) in [4.78, 5) is 29.6. The summed E-state index contributed by atoms with van der Waals surface area (Å²) in [6.45, 7) is 2.83. The van der Waals surface area contributed by atoms with Crippen LogP contribution in [-0.2, 0) is 4.79 Å². The number of piperidine rings is 1. The lowest BCUT2D eigenvalue weighted by Gasteiger charge is -2.47. The van der Waals surface area contributed by atoms with Crippen LogP contribution in [0.25, 0.3) is 0 Å². The van der Waals surface area contributed by atoms with E-state index >= 15 is 0 Å². The fourth-order valence-corrected chi connectivity index (χ4v) is 5.63. The second kappa shape index (κ2) is 7.70. The number of hydrogen-bond acceptors (Lipinski definition) is 7. The Labute approximate surface area is 182 Å². The fourth-order valence-electron chi connectivity index (χ4n) is 5.37. The summed E-state index contributed by atoms with van der Waals surface area (Å²) >= 11 is 6.47. The summed E-state index contributed by atoms with van der Waals surface area (Å²) in [5, 5.41) is 3.83. The molecule has 1 spiro atoms. The van der Waals surface area contributed by atoms with Crippen LogP contribution in [0, 0.1) is 11.8 Å². The van der Waals surface area contributed by atoms with Crippen molar-refractivity contribution in [2.45, 2.75) is 43.9 Å². The molecule has 1 aromatic carbocycles. The van der Waals surface area contributed by atoms with Crippen LogP contribution in [0.4, 0.5) is 0 Å². The number of carbonyl (C=O) groups is 2. The first-order valence-corrected chi connectivity index (χ1v) is 10.8.